The Bertz CT molecular complexity index is 386. The van der Waals surface area contributed by atoms with Gasteiger partial charge in [-0.05, 0) is 25.0 Å². The van der Waals surface area contributed by atoms with Gasteiger partial charge in [0.2, 0.25) is 0 Å². The lowest BCUT2D eigenvalue weighted by Gasteiger charge is -2.22. The second kappa shape index (κ2) is 5.77. The van der Waals surface area contributed by atoms with Gasteiger partial charge in [0.15, 0.2) is 0 Å². The van der Waals surface area contributed by atoms with E-state index in [2.05, 4.69) is 10.3 Å². The molecule has 0 saturated heterocycles. The van der Waals surface area contributed by atoms with Crippen LogP contribution < -0.4 is 11.1 Å². The zero-order valence-corrected chi connectivity index (χ0v) is 9.98. The first-order valence-electron chi connectivity index (χ1n) is 6.25. The smallest absolute Gasteiger partial charge is 0.251 e. The Morgan fingerprint density at radius 1 is 1.41 bits per heavy atom. The predicted molar refractivity (Wildman–Crippen MR) is 66.5 cm³/mol. The number of rotatable bonds is 3. The van der Waals surface area contributed by atoms with Crippen molar-refractivity contribution in [3.63, 3.8) is 0 Å². The first-order chi connectivity index (χ1) is 8.29. The minimum absolute atomic E-state index is 0.00556. The van der Waals surface area contributed by atoms with Crippen LogP contribution in [-0.4, -0.2) is 16.9 Å². The van der Waals surface area contributed by atoms with Gasteiger partial charge in [-0.25, -0.2) is 0 Å². The van der Waals surface area contributed by atoms with Crippen molar-refractivity contribution in [3.8, 4) is 0 Å². The fourth-order valence-corrected chi connectivity index (χ4v) is 2.25. The first kappa shape index (κ1) is 12.0. The number of nitrogens with zero attached hydrogens (tertiary/aromatic N) is 1. The Balaban J connectivity index is 1.98. The minimum Gasteiger partial charge on any atom is -0.349 e. The average molecular weight is 233 g/mol. The number of amides is 1. The Morgan fingerprint density at radius 2 is 2.18 bits per heavy atom. The Labute approximate surface area is 102 Å². The lowest BCUT2D eigenvalue weighted by Crippen LogP contribution is -2.36. The summed E-state index contributed by atoms with van der Waals surface area (Å²) in [5.41, 5.74) is 6.92. The van der Waals surface area contributed by atoms with Gasteiger partial charge in [-0.15, -0.1) is 0 Å². The summed E-state index contributed by atoms with van der Waals surface area (Å²) in [6, 6.07) is 3.83. The molecular formula is C13H19N3O. The number of carbonyl (C=O) groups is 1. The van der Waals surface area contributed by atoms with Crippen molar-refractivity contribution in [3.05, 3.63) is 29.6 Å². The van der Waals surface area contributed by atoms with E-state index in [0.29, 0.717) is 18.2 Å². The zero-order chi connectivity index (χ0) is 12.1. The van der Waals surface area contributed by atoms with Gasteiger partial charge in [0, 0.05) is 24.3 Å². The standard InChI is InChI=1S/C13H19N3O/c14-9-12-8-10(6-7-15-12)13(17)16-11-4-2-1-3-5-11/h6-8,11H,1-5,9,14H2,(H,16,17). The lowest BCUT2D eigenvalue weighted by atomic mass is 9.95. The van der Waals surface area contributed by atoms with E-state index in [0.717, 1.165) is 18.5 Å². The molecule has 1 aliphatic carbocycles. The summed E-state index contributed by atoms with van der Waals surface area (Å²) in [4.78, 5) is 16.1. The van der Waals surface area contributed by atoms with Crippen molar-refractivity contribution in [2.45, 2.75) is 44.7 Å². The fraction of sp³-hybridized carbons (Fsp3) is 0.538. The number of nitrogens with one attached hydrogen (secondary N) is 1. The highest BCUT2D eigenvalue weighted by Crippen LogP contribution is 2.17. The van der Waals surface area contributed by atoms with Gasteiger partial charge in [-0.1, -0.05) is 19.3 Å². The van der Waals surface area contributed by atoms with Gasteiger partial charge in [-0.2, -0.15) is 0 Å². The van der Waals surface area contributed by atoms with Crippen LogP contribution in [0.25, 0.3) is 0 Å². The normalized spacial score (nSPS) is 16.8. The number of nitrogens with two attached hydrogens (primary N) is 1. The van der Waals surface area contributed by atoms with Crippen molar-refractivity contribution in [1.29, 1.82) is 0 Å². The van der Waals surface area contributed by atoms with Gasteiger partial charge in [0.05, 0.1) is 5.69 Å². The van der Waals surface area contributed by atoms with Gasteiger partial charge in [0.25, 0.3) is 5.91 Å². The van der Waals surface area contributed by atoms with Gasteiger partial charge in [-0.3, -0.25) is 9.78 Å². The van der Waals surface area contributed by atoms with E-state index >= 15 is 0 Å². The molecule has 1 aromatic heterocycles. The van der Waals surface area contributed by atoms with Crippen LogP contribution >= 0.6 is 0 Å². The van der Waals surface area contributed by atoms with E-state index in [1.54, 1.807) is 18.3 Å². The van der Waals surface area contributed by atoms with E-state index in [1.807, 2.05) is 0 Å². The summed E-state index contributed by atoms with van der Waals surface area (Å²) in [6.45, 7) is 0.366. The minimum atomic E-state index is -0.00556. The van der Waals surface area contributed by atoms with Crippen LogP contribution in [0, 0.1) is 0 Å². The van der Waals surface area contributed by atoms with Crippen LogP contribution in [0.1, 0.15) is 48.2 Å². The number of aromatic nitrogens is 1. The lowest BCUT2D eigenvalue weighted by molar-refractivity contribution is 0.0927. The van der Waals surface area contributed by atoms with Crippen molar-refractivity contribution in [2.75, 3.05) is 0 Å². The zero-order valence-electron chi connectivity index (χ0n) is 9.98. The molecule has 0 aromatic carbocycles. The van der Waals surface area contributed by atoms with E-state index in [4.69, 9.17) is 5.73 Å². The molecule has 0 aliphatic heterocycles. The quantitative estimate of drug-likeness (QED) is 0.833. The molecule has 92 valence electrons. The van der Waals surface area contributed by atoms with Crippen LogP contribution in [0.5, 0.6) is 0 Å². The highest BCUT2D eigenvalue weighted by molar-refractivity contribution is 5.94. The number of carbonyl (C=O) groups excluding carboxylic acids is 1. The molecule has 0 unspecified atom stereocenters. The van der Waals surface area contributed by atoms with Crippen molar-refractivity contribution in [2.24, 2.45) is 5.73 Å². The first-order valence-corrected chi connectivity index (χ1v) is 6.25. The molecule has 3 N–H and O–H groups in total. The molecule has 0 radical (unpaired) electrons. The molecule has 4 heteroatoms. The van der Waals surface area contributed by atoms with Crippen LogP contribution in [0.3, 0.4) is 0 Å². The van der Waals surface area contributed by atoms with E-state index in [1.165, 1.54) is 19.3 Å². The molecule has 1 aromatic rings. The summed E-state index contributed by atoms with van der Waals surface area (Å²) in [5, 5.41) is 3.08. The van der Waals surface area contributed by atoms with Crippen LogP contribution in [0.15, 0.2) is 18.3 Å². The molecule has 1 amide bonds. The molecule has 0 spiro atoms. The Morgan fingerprint density at radius 3 is 2.88 bits per heavy atom. The SMILES string of the molecule is NCc1cc(C(=O)NC2CCCCC2)ccn1. The highest BCUT2D eigenvalue weighted by atomic mass is 16.1. The van der Waals surface area contributed by atoms with Crippen molar-refractivity contribution in [1.82, 2.24) is 10.3 Å². The summed E-state index contributed by atoms with van der Waals surface area (Å²) in [6.07, 6.45) is 7.56. The highest BCUT2D eigenvalue weighted by Gasteiger charge is 2.16. The molecule has 1 aliphatic rings. The Kier molecular flexibility index (Phi) is 4.09. The average Bonchev–Trinajstić information content (AvgIpc) is 2.40. The van der Waals surface area contributed by atoms with Crippen LogP contribution in [0.4, 0.5) is 0 Å². The second-order valence-electron chi connectivity index (χ2n) is 4.55. The second-order valence-corrected chi connectivity index (χ2v) is 4.55. The number of pyridine rings is 1. The predicted octanol–water partition coefficient (Wildman–Crippen LogP) is 1.60. The molecule has 0 bridgehead atoms. The monoisotopic (exact) mass is 233 g/mol. The van der Waals surface area contributed by atoms with E-state index in [9.17, 15) is 4.79 Å². The third-order valence-corrected chi connectivity index (χ3v) is 3.23. The largest absolute Gasteiger partial charge is 0.349 e. The molecule has 0 atom stereocenters. The summed E-state index contributed by atoms with van der Waals surface area (Å²) in [7, 11) is 0. The maximum absolute atomic E-state index is 12.0. The third kappa shape index (κ3) is 3.27. The molecule has 17 heavy (non-hydrogen) atoms. The van der Waals surface area contributed by atoms with Crippen molar-refractivity contribution < 1.29 is 4.79 Å². The van der Waals surface area contributed by atoms with Gasteiger partial charge >= 0.3 is 0 Å². The van der Waals surface area contributed by atoms with Crippen molar-refractivity contribution >= 4 is 5.91 Å². The maximum atomic E-state index is 12.0. The van der Waals surface area contributed by atoms with Gasteiger partial charge in [0.1, 0.15) is 0 Å². The molecule has 2 rings (SSSR count). The van der Waals surface area contributed by atoms with Gasteiger partial charge < -0.3 is 11.1 Å². The molecule has 1 saturated carbocycles. The number of hydrogen-bond donors (Lipinski definition) is 2. The summed E-state index contributed by atoms with van der Waals surface area (Å²) < 4.78 is 0. The third-order valence-electron chi connectivity index (χ3n) is 3.23. The Hall–Kier alpha value is -1.42. The van der Waals surface area contributed by atoms with E-state index < -0.39 is 0 Å². The molecule has 1 fully saturated rings. The van der Waals surface area contributed by atoms with Crippen LogP contribution in [0.2, 0.25) is 0 Å². The van der Waals surface area contributed by atoms with E-state index in [-0.39, 0.29) is 5.91 Å². The summed E-state index contributed by atoms with van der Waals surface area (Å²) >= 11 is 0. The van der Waals surface area contributed by atoms with Crippen LogP contribution in [-0.2, 0) is 6.54 Å². The maximum Gasteiger partial charge on any atom is 0.251 e. The fourth-order valence-electron chi connectivity index (χ4n) is 2.25. The molecule has 1 heterocycles. The topological polar surface area (TPSA) is 68.0 Å². The number of hydrogen-bond acceptors (Lipinski definition) is 3. The summed E-state index contributed by atoms with van der Waals surface area (Å²) in [5.74, 6) is -0.00556. The molecular weight excluding hydrogens is 214 g/mol. The molecule has 4 nitrogen and oxygen atoms in total.